The summed E-state index contributed by atoms with van der Waals surface area (Å²) in [6.07, 6.45) is 4.11. The van der Waals surface area contributed by atoms with Crippen LogP contribution in [0.2, 0.25) is 0 Å². The van der Waals surface area contributed by atoms with E-state index in [1.165, 1.54) is 6.08 Å². The van der Waals surface area contributed by atoms with Gasteiger partial charge in [0.2, 0.25) is 5.91 Å². The minimum atomic E-state index is -0.241. The SMILES string of the molecule is CCCOc1ccc(C=CC(=O)Nc2ccccc2OC)cc1OC. The summed E-state index contributed by atoms with van der Waals surface area (Å²) in [5.74, 6) is 1.71. The fraction of sp³-hybridized carbons (Fsp3) is 0.250. The molecule has 0 saturated carbocycles. The first-order valence-corrected chi connectivity index (χ1v) is 8.10. The largest absolute Gasteiger partial charge is 0.495 e. The summed E-state index contributed by atoms with van der Waals surface area (Å²) < 4.78 is 16.2. The number of methoxy groups -OCH3 is 2. The van der Waals surface area contributed by atoms with E-state index in [1.54, 1.807) is 32.4 Å². The summed E-state index contributed by atoms with van der Waals surface area (Å²) in [4.78, 5) is 12.1. The van der Waals surface area contributed by atoms with Gasteiger partial charge in [0.1, 0.15) is 5.75 Å². The van der Waals surface area contributed by atoms with Crippen molar-refractivity contribution in [3.05, 3.63) is 54.1 Å². The summed E-state index contributed by atoms with van der Waals surface area (Å²) >= 11 is 0. The molecule has 132 valence electrons. The van der Waals surface area contributed by atoms with Crippen molar-refractivity contribution in [3.63, 3.8) is 0 Å². The van der Waals surface area contributed by atoms with Crippen molar-refractivity contribution in [2.24, 2.45) is 0 Å². The molecule has 0 heterocycles. The molecule has 25 heavy (non-hydrogen) atoms. The van der Waals surface area contributed by atoms with Crippen molar-refractivity contribution < 1.29 is 19.0 Å². The van der Waals surface area contributed by atoms with Crippen LogP contribution in [-0.2, 0) is 4.79 Å². The van der Waals surface area contributed by atoms with Gasteiger partial charge in [-0.25, -0.2) is 0 Å². The highest BCUT2D eigenvalue weighted by Crippen LogP contribution is 2.29. The third-order valence-corrected chi connectivity index (χ3v) is 3.44. The van der Waals surface area contributed by atoms with Gasteiger partial charge in [-0.15, -0.1) is 0 Å². The summed E-state index contributed by atoms with van der Waals surface area (Å²) in [7, 11) is 3.16. The highest BCUT2D eigenvalue weighted by Gasteiger charge is 2.06. The predicted molar refractivity (Wildman–Crippen MR) is 99.4 cm³/mol. The summed E-state index contributed by atoms with van der Waals surface area (Å²) in [5.41, 5.74) is 1.47. The van der Waals surface area contributed by atoms with Crippen LogP contribution in [0.5, 0.6) is 17.2 Å². The lowest BCUT2D eigenvalue weighted by atomic mass is 10.2. The van der Waals surface area contributed by atoms with Gasteiger partial charge in [-0.1, -0.05) is 25.1 Å². The van der Waals surface area contributed by atoms with E-state index >= 15 is 0 Å². The van der Waals surface area contributed by atoms with Gasteiger partial charge in [-0.05, 0) is 42.3 Å². The minimum Gasteiger partial charge on any atom is -0.495 e. The minimum absolute atomic E-state index is 0.241. The van der Waals surface area contributed by atoms with Gasteiger partial charge in [-0.3, -0.25) is 4.79 Å². The molecular weight excluding hydrogens is 318 g/mol. The molecule has 0 spiro atoms. The maximum Gasteiger partial charge on any atom is 0.248 e. The highest BCUT2D eigenvalue weighted by molar-refractivity contribution is 6.02. The molecule has 0 aliphatic rings. The Labute approximate surface area is 148 Å². The smallest absolute Gasteiger partial charge is 0.248 e. The van der Waals surface area contributed by atoms with Gasteiger partial charge in [0.15, 0.2) is 11.5 Å². The quantitative estimate of drug-likeness (QED) is 0.733. The summed E-state index contributed by atoms with van der Waals surface area (Å²) in [6.45, 7) is 2.68. The first-order valence-electron chi connectivity index (χ1n) is 8.10. The molecule has 1 N–H and O–H groups in total. The van der Waals surface area contributed by atoms with E-state index in [4.69, 9.17) is 14.2 Å². The first kappa shape index (κ1) is 18.4. The van der Waals surface area contributed by atoms with Crippen molar-refractivity contribution in [3.8, 4) is 17.2 Å². The molecule has 0 saturated heterocycles. The molecule has 0 aromatic heterocycles. The van der Waals surface area contributed by atoms with E-state index in [0.717, 1.165) is 12.0 Å². The number of amides is 1. The van der Waals surface area contributed by atoms with Crippen LogP contribution in [0.3, 0.4) is 0 Å². The van der Waals surface area contributed by atoms with Gasteiger partial charge in [0.05, 0.1) is 26.5 Å². The molecule has 0 radical (unpaired) electrons. The van der Waals surface area contributed by atoms with Gasteiger partial charge < -0.3 is 19.5 Å². The molecule has 0 bridgehead atoms. The van der Waals surface area contributed by atoms with Gasteiger partial charge in [0, 0.05) is 6.08 Å². The van der Waals surface area contributed by atoms with Crippen molar-refractivity contribution in [2.45, 2.75) is 13.3 Å². The molecule has 0 fully saturated rings. The second kappa shape index (κ2) is 9.37. The number of rotatable bonds is 8. The van der Waals surface area contributed by atoms with E-state index in [1.807, 2.05) is 37.3 Å². The van der Waals surface area contributed by atoms with Gasteiger partial charge >= 0.3 is 0 Å². The first-order chi connectivity index (χ1) is 12.2. The van der Waals surface area contributed by atoms with Crippen molar-refractivity contribution in [1.82, 2.24) is 0 Å². The highest BCUT2D eigenvalue weighted by atomic mass is 16.5. The fourth-order valence-corrected chi connectivity index (χ4v) is 2.21. The Morgan fingerprint density at radius 2 is 1.80 bits per heavy atom. The average molecular weight is 341 g/mol. The normalized spacial score (nSPS) is 10.5. The van der Waals surface area contributed by atoms with Crippen LogP contribution in [0.4, 0.5) is 5.69 Å². The van der Waals surface area contributed by atoms with E-state index in [9.17, 15) is 4.79 Å². The molecule has 2 aromatic carbocycles. The lowest BCUT2D eigenvalue weighted by molar-refractivity contribution is -0.111. The van der Waals surface area contributed by atoms with Crippen molar-refractivity contribution in [2.75, 3.05) is 26.1 Å². The topological polar surface area (TPSA) is 56.8 Å². The zero-order valence-electron chi connectivity index (χ0n) is 14.7. The zero-order valence-corrected chi connectivity index (χ0v) is 14.7. The zero-order chi connectivity index (χ0) is 18.1. The Bertz CT molecular complexity index is 740. The molecule has 5 nitrogen and oxygen atoms in total. The molecule has 0 aliphatic heterocycles. The third-order valence-electron chi connectivity index (χ3n) is 3.44. The second-order valence-corrected chi connectivity index (χ2v) is 5.28. The monoisotopic (exact) mass is 341 g/mol. The molecule has 5 heteroatoms. The van der Waals surface area contributed by atoms with E-state index in [2.05, 4.69) is 5.32 Å². The van der Waals surface area contributed by atoms with E-state index < -0.39 is 0 Å². The number of anilines is 1. The van der Waals surface area contributed by atoms with Crippen LogP contribution in [0.15, 0.2) is 48.5 Å². The van der Waals surface area contributed by atoms with Crippen LogP contribution < -0.4 is 19.5 Å². The number of hydrogen-bond donors (Lipinski definition) is 1. The van der Waals surface area contributed by atoms with Crippen LogP contribution in [0.25, 0.3) is 6.08 Å². The molecule has 0 atom stereocenters. The lowest BCUT2D eigenvalue weighted by Gasteiger charge is -2.10. The standard InChI is InChI=1S/C20H23NO4/c1-4-13-25-18-11-9-15(14-19(18)24-3)10-12-20(22)21-16-7-5-6-8-17(16)23-2/h5-12,14H,4,13H2,1-3H3,(H,21,22). The number of carbonyl (C=O) groups is 1. The number of benzene rings is 2. The second-order valence-electron chi connectivity index (χ2n) is 5.28. The fourth-order valence-electron chi connectivity index (χ4n) is 2.21. The molecule has 0 unspecified atom stereocenters. The number of nitrogens with one attached hydrogen (secondary N) is 1. The van der Waals surface area contributed by atoms with Crippen LogP contribution in [0, 0.1) is 0 Å². The van der Waals surface area contributed by atoms with Gasteiger partial charge in [0.25, 0.3) is 0 Å². The average Bonchev–Trinajstić information content (AvgIpc) is 2.65. The van der Waals surface area contributed by atoms with Gasteiger partial charge in [-0.2, -0.15) is 0 Å². The molecule has 2 aromatic rings. The molecular formula is C20H23NO4. The van der Waals surface area contributed by atoms with Crippen molar-refractivity contribution >= 4 is 17.7 Å². The summed E-state index contributed by atoms with van der Waals surface area (Å²) in [6, 6.07) is 12.8. The Balaban J connectivity index is 2.06. The van der Waals surface area contributed by atoms with Crippen LogP contribution >= 0.6 is 0 Å². The van der Waals surface area contributed by atoms with Crippen LogP contribution in [-0.4, -0.2) is 26.7 Å². The maximum atomic E-state index is 12.1. The van der Waals surface area contributed by atoms with Crippen LogP contribution in [0.1, 0.15) is 18.9 Å². The van der Waals surface area contributed by atoms with Crippen molar-refractivity contribution in [1.29, 1.82) is 0 Å². The molecule has 1 amide bonds. The number of ether oxygens (including phenoxy) is 3. The third kappa shape index (κ3) is 5.28. The van der Waals surface area contributed by atoms with E-state index in [0.29, 0.717) is 29.5 Å². The molecule has 2 rings (SSSR count). The Hall–Kier alpha value is -2.95. The van der Waals surface area contributed by atoms with E-state index in [-0.39, 0.29) is 5.91 Å². The Morgan fingerprint density at radius 3 is 2.52 bits per heavy atom. The Kier molecular flexibility index (Phi) is 6.89. The lowest BCUT2D eigenvalue weighted by Crippen LogP contribution is -2.08. The molecule has 0 aliphatic carbocycles. The Morgan fingerprint density at radius 1 is 1.04 bits per heavy atom. The maximum absolute atomic E-state index is 12.1. The number of para-hydroxylation sites is 2. The predicted octanol–water partition coefficient (Wildman–Crippen LogP) is 4.14. The number of carbonyl (C=O) groups excluding carboxylic acids is 1. The number of hydrogen-bond acceptors (Lipinski definition) is 4. The summed E-state index contributed by atoms with van der Waals surface area (Å²) in [5, 5.41) is 2.79.